The number of ether oxygens (including phenoxy) is 1. The number of hydrogen-bond acceptors (Lipinski definition) is 3. The van der Waals surface area contributed by atoms with Crippen molar-refractivity contribution in [3.8, 4) is 0 Å². The summed E-state index contributed by atoms with van der Waals surface area (Å²) in [6.45, 7) is 4.08. The number of halogens is 1. The Morgan fingerprint density at radius 2 is 2.35 bits per heavy atom. The van der Waals surface area contributed by atoms with Crippen LogP contribution in [0.5, 0.6) is 0 Å². The van der Waals surface area contributed by atoms with Crippen LogP contribution in [0.25, 0.3) is 0 Å². The van der Waals surface area contributed by atoms with Gasteiger partial charge in [0.05, 0.1) is 0 Å². The number of carbonyl (C=O) groups is 1. The highest BCUT2D eigenvalue weighted by atomic mass is 79.9. The summed E-state index contributed by atoms with van der Waals surface area (Å²) < 4.78 is 6.42. The largest absolute Gasteiger partial charge is 0.445 e. The summed E-state index contributed by atoms with van der Waals surface area (Å²) >= 11 is 3.42. The normalized spacial score (nSPS) is 25.4. The van der Waals surface area contributed by atoms with E-state index in [0.29, 0.717) is 12.0 Å². The Labute approximate surface area is 127 Å². The van der Waals surface area contributed by atoms with Crippen LogP contribution in [0.15, 0.2) is 28.7 Å². The van der Waals surface area contributed by atoms with Gasteiger partial charge in [0.1, 0.15) is 6.61 Å². The third-order valence-electron chi connectivity index (χ3n) is 4.28. The molecule has 3 rings (SSSR count). The number of nitrogens with one attached hydrogen (secondary N) is 1. The van der Waals surface area contributed by atoms with Gasteiger partial charge in [-0.15, -0.1) is 0 Å². The molecule has 20 heavy (non-hydrogen) atoms. The molecule has 0 radical (unpaired) electrons. The number of rotatable bonds is 2. The highest BCUT2D eigenvalue weighted by Gasteiger charge is 2.42. The molecule has 0 aliphatic carbocycles. The Morgan fingerprint density at radius 3 is 3.10 bits per heavy atom. The van der Waals surface area contributed by atoms with Crippen molar-refractivity contribution in [3.05, 3.63) is 34.3 Å². The molecule has 1 amide bonds. The lowest BCUT2D eigenvalue weighted by atomic mass is 9.87. The molecular weight excluding hydrogens is 320 g/mol. The van der Waals surface area contributed by atoms with Gasteiger partial charge in [0.2, 0.25) is 0 Å². The molecule has 1 atom stereocenters. The molecule has 2 saturated heterocycles. The molecule has 2 aliphatic rings. The van der Waals surface area contributed by atoms with Crippen molar-refractivity contribution in [3.63, 3.8) is 0 Å². The van der Waals surface area contributed by atoms with Crippen LogP contribution in [-0.2, 0) is 11.3 Å². The van der Waals surface area contributed by atoms with Crippen molar-refractivity contribution in [1.29, 1.82) is 0 Å². The van der Waals surface area contributed by atoms with Gasteiger partial charge in [-0.3, -0.25) is 0 Å². The smallest absolute Gasteiger partial charge is 0.410 e. The lowest BCUT2D eigenvalue weighted by Crippen LogP contribution is -2.33. The molecule has 2 aliphatic heterocycles. The predicted molar refractivity (Wildman–Crippen MR) is 80.4 cm³/mol. The summed E-state index contributed by atoms with van der Waals surface area (Å²) in [6.07, 6.45) is 2.07. The van der Waals surface area contributed by atoms with Crippen LogP contribution in [-0.4, -0.2) is 37.2 Å². The Bertz CT molecular complexity index is 500. The second kappa shape index (κ2) is 5.74. The Hall–Kier alpha value is -1.07. The van der Waals surface area contributed by atoms with Crippen LogP contribution in [0.4, 0.5) is 4.79 Å². The van der Waals surface area contributed by atoms with Crippen LogP contribution >= 0.6 is 15.9 Å². The van der Waals surface area contributed by atoms with Crippen LogP contribution in [0.1, 0.15) is 18.4 Å². The minimum absolute atomic E-state index is 0.186. The first-order valence-electron chi connectivity index (χ1n) is 7.04. The predicted octanol–water partition coefficient (Wildman–Crippen LogP) is 2.77. The quantitative estimate of drug-likeness (QED) is 0.901. The number of benzene rings is 1. The molecule has 5 heteroatoms. The maximum atomic E-state index is 12.1. The second-order valence-corrected chi connectivity index (χ2v) is 6.70. The lowest BCUT2D eigenvalue weighted by molar-refractivity contribution is 0.100. The van der Waals surface area contributed by atoms with E-state index in [-0.39, 0.29) is 6.09 Å². The van der Waals surface area contributed by atoms with E-state index >= 15 is 0 Å². The van der Waals surface area contributed by atoms with Crippen molar-refractivity contribution in [2.45, 2.75) is 19.4 Å². The summed E-state index contributed by atoms with van der Waals surface area (Å²) in [5.74, 6) is 0. The first-order chi connectivity index (χ1) is 9.67. The van der Waals surface area contributed by atoms with Gasteiger partial charge in [-0.25, -0.2) is 4.79 Å². The summed E-state index contributed by atoms with van der Waals surface area (Å²) in [7, 11) is 0. The van der Waals surface area contributed by atoms with Crippen LogP contribution in [0.3, 0.4) is 0 Å². The van der Waals surface area contributed by atoms with Crippen molar-refractivity contribution in [2.75, 3.05) is 26.2 Å². The average Bonchev–Trinajstić information content (AvgIpc) is 3.07. The van der Waals surface area contributed by atoms with Gasteiger partial charge in [-0.1, -0.05) is 28.1 Å². The Morgan fingerprint density at radius 1 is 1.45 bits per heavy atom. The van der Waals surface area contributed by atoms with Gasteiger partial charge < -0.3 is 15.0 Å². The van der Waals surface area contributed by atoms with Gasteiger partial charge in [0.15, 0.2) is 0 Å². The molecule has 0 aromatic heterocycles. The fraction of sp³-hybridized carbons (Fsp3) is 0.533. The van der Waals surface area contributed by atoms with Crippen LogP contribution < -0.4 is 5.32 Å². The molecule has 1 aromatic rings. The van der Waals surface area contributed by atoms with E-state index in [0.717, 1.165) is 42.6 Å². The minimum atomic E-state index is -0.186. The lowest BCUT2D eigenvalue weighted by Gasteiger charge is -2.22. The summed E-state index contributed by atoms with van der Waals surface area (Å²) in [4.78, 5) is 14.0. The van der Waals surface area contributed by atoms with Crippen molar-refractivity contribution < 1.29 is 9.53 Å². The molecule has 108 valence electrons. The third kappa shape index (κ3) is 2.99. The molecule has 1 spiro atoms. The van der Waals surface area contributed by atoms with Crippen LogP contribution in [0.2, 0.25) is 0 Å². The van der Waals surface area contributed by atoms with Crippen molar-refractivity contribution in [1.82, 2.24) is 10.2 Å². The average molecular weight is 339 g/mol. The highest BCUT2D eigenvalue weighted by Crippen LogP contribution is 2.36. The fourth-order valence-corrected chi connectivity index (χ4v) is 3.54. The molecule has 1 N–H and O–H groups in total. The molecular formula is C15H19BrN2O2. The number of carbonyl (C=O) groups excluding carboxylic acids is 1. The number of likely N-dealkylation sites (tertiary alicyclic amines) is 1. The zero-order valence-corrected chi connectivity index (χ0v) is 13.0. The SMILES string of the molecule is O=C(OCc1cccc(Br)c1)N1CCC2(CCNC2)C1. The van der Waals surface area contributed by atoms with E-state index in [1.165, 1.54) is 6.42 Å². The highest BCUT2D eigenvalue weighted by molar-refractivity contribution is 9.10. The van der Waals surface area contributed by atoms with E-state index in [2.05, 4.69) is 21.2 Å². The van der Waals surface area contributed by atoms with Crippen LogP contribution in [0, 0.1) is 5.41 Å². The number of hydrogen-bond donors (Lipinski definition) is 1. The van der Waals surface area contributed by atoms with Crippen molar-refractivity contribution >= 4 is 22.0 Å². The number of amides is 1. The first-order valence-corrected chi connectivity index (χ1v) is 7.83. The molecule has 1 aromatic carbocycles. The topological polar surface area (TPSA) is 41.6 Å². The minimum Gasteiger partial charge on any atom is -0.445 e. The van der Waals surface area contributed by atoms with E-state index in [1.54, 1.807) is 0 Å². The van der Waals surface area contributed by atoms with Gasteiger partial charge in [0.25, 0.3) is 0 Å². The zero-order chi connectivity index (χ0) is 14.0. The van der Waals surface area contributed by atoms with Gasteiger partial charge in [0, 0.05) is 29.5 Å². The molecule has 2 heterocycles. The van der Waals surface area contributed by atoms with Gasteiger partial charge >= 0.3 is 6.09 Å². The standard InChI is InChI=1S/C15H19BrN2O2/c16-13-3-1-2-12(8-13)9-20-14(19)18-7-5-15(11-18)4-6-17-10-15/h1-3,8,17H,4-7,9-11H2. The molecule has 2 fully saturated rings. The van der Waals surface area contributed by atoms with E-state index in [9.17, 15) is 4.79 Å². The van der Waals surface area contributed by atoms with Gasteiger partial charge in [-0.2, -0.15) is 0 Å². The first kappa shape index (κ1) is 13.9. The molecule has 1 unspecified atom stereocenters. The third-order valence-corrected chi connectivity index (χ3v) is 4.77. The van der Waals surface area contributed by atoms with Gasteiger partial charge in [-0.05, 0) is 37.1 Å². The van der Waals surface area contributed by atoms with E-state index < -0.39 is 0 Å². The molecule has 0 bridgehead atoms. The second-order valence-electron chi connectivity index (χ2n) is 5.78. The Kier molecular flexibility index (Phi) is 3.98. The summed E-state index contributed by atoms with van der Waals surface area (Å²) in [6, 6.07) is 7.84. The zero-order valence-electron chi connectivity index (χ0n) is 11.4. The van der Waals surface area contributed by atoms with E-state index in [4.69, 9.17) is 4.74 Å². The van der Waals surface area contributed by atoms with E-state index in [1.807, 2.05) is 29.2 Å². The summed E-state index contributed by atoms with van der Waals surface area (Å²) in [5, 5.41) is 3.39. The molecule has 0 saturated carbocycles. The Balaban J connectivity index is 1.52. The summed E-state index contributed by atoms with van der Waals surface area (Å²) in [5.41, 5.74) is 1.30. The number of nitrogens with zero attached hydrogens (tertiary/aromatic N) is 1. The molecule has 4 nitrogen and oxygen atoms in total. The van der Waals surface area contributed by atoms with Crippen molar-refractivity contribution in [2.24, 2.45) is 5.41 Å². The monoisotopic (exact) mass is 338 g/mol. The maximum absolute atomic E-state index is 12.1. The fourth-order valence-electron chi connectivity index (χ4n) is 3.10. The maximum Gasteiger partial charge on any atom is 0.410 e.